The van der Waals surface area contributed by atoms with Gasteiger partial charge in [0.05, 0.1) is 12.7 Å². The number of ether oxygens (including phenoxy) is 1. The van der Waals surface area contributed by atoms with Gasteiger partial charge in [0.15, 0.2) is 5.65 Å². The van der Waals surface area contributed by atoms with Gasteiger partial charge in [-0.3, -0.25) is 4.90 Å². The number of aromatic nitrogens is 3. The lowest BCUT2D eigenvalue weighted by molar-refractivity contribution is 0.0575. The van der Waals surface area contributed by atoms with Crippen molar-refractivity contribution in [2.75, 3.05) is 4.90 Å². The third kappa shape index (κ3) is 4.70. The minimum Gasteiger partial charge on any atom is -0.443 e. The van der Waals surface area contributed by atoms with Gasteiger partial charge in [0, 0.05) is 11.6 Å². The van der Waals surface area contributed by atoms with Crippen LogP contribution in [0.4, 0.5) is 10.6 Å². The molecule has 0 bridgehead atoms. The molecule has 7 heteroatoms. The predicted molar refractivity (Wildman–Crippen MR) is 116 cm³/mol. The molecule has 6 nitrogen and oxygen atoms in total. The van der Waals surface area contributed by atoms with Crippen LogP contribution in [-0.2, 0) is 11.3 Å². The molecule has 1 aromatic carbocycles. The molecule has 0 aliphatic carbocycles. The number of fused-ring (bicyclic) bond motifs is 1. The first-order valence-corrected chi connectivity index (χ1v) is 10.0. The number of benzene rings is 1. The fraction of sp³-hybridized carbons (Fsp3) is 0.409. The third-order valence-corrected chi connectivity index (χ3v) is 4.74. The largest absolute Gasteiger partial charge is 0.443 e. The number of anilines is 1. The van der Waals surface area contributed by atoms with E-state index in [0.717, 1.165) is 16.7 Å². The van der Waals surface area contributed by atoms with Crippen LogP contribution in [0.5, 0.6) is 0 Å². The summed E-state index contributed by atoms with van der Waals surface area (Å²) in [4.78, 5) is 19.2. The van der Waals surface area contributed by atoms with Crippen LogP contribution in [0.15, 0.2) is 36.5 Å². The lowest BCUT2D eigenvalue weighted by Crippen LogP contribution is -2.37. The molecule has 0 N–H and O–H groups in total. The Bertz CT molecular complexity index is 1040. The molecule has 3 rings (SSSR count). The van der Waals surface area contributed by atoms with Gasteiger partial charge in [-0.1, -0.05) is 49.7 Å². The molecule has 3 aromatic rings. The maximum atomic E-state index is 13.2. The number of hydrogen-bond acceptors (Lipinski definition) is 4. The maximum Gasteiger partial charge on any atom is 0.416 e. The van der Waals surface area contributed by atoms with Gasteiger partial charge in [0.25, 0.3) is 0 Å². The highest BCUT2D eigenvalue weighted by molar-refractivity contribution is 6.29. The normalized spacial score (nSPS) is 11.9. The van der Waals surface area contributed by atoms with Gasteiger partial charge in [-0.2, -0.15) is 9.61 Å². The van der Waals surface area contributed by atoms with Gasteiger partial charge in [-0.15, -0.1) is 0 Å². The number of aryl methyl sites for hydroxylation is 1. The smallest absolute Gasteiger partial charge is 0.416 e. The molecule has 0 saturated heterocycles. The number of amides is 1. The Kier molecular flexibility index (Phi) is 5.85. The van der Waals surface area contributed by atoms with Crippen molar-refractivity contribution in [3.05, 3.63) is 58.4 Å². The number of halogens is 1. The predicted octanol–water partition coefficient (Wildman–Crippen LogP) is 5.76. The highest BCUT2D eigenvalue weighted by Gasteiger charge is 2.27. The maximum absolute atomic E-state index is 13.2. The number of carbonyl (C=O) groups excluding carboxylic acids is 1. The van der Waals surface area contributed by atoms with Crippen molar-refractivity contribution in [1.29, 1.82) is 0 Å². The first-order valence-electron chi connectivity index (χ1n) is 9.66. The quantitative estimate of drug-likeness (QED) is 0.509. The van der Waals surface area contributed by atoms with Gasteiger partial charge < -0.3 is 4.74 Å². The van der Waals surface area contributed by atoms with Gasteiger partial charge in [-0.05, 0) is 44.7 Å². The highest BCUT2D eigenvalue weighted by Crippen LogP contribution is 2.28. The summed E-state index contributed by atoms with van der Waals surface area (Å²) in [5, 5.41) is 4.79. The van der Waals surface area contributed by atoms with E-state index in [1.165, 1.54) is 0 Å². The molecule has 0 atom stereocenters. The summed E-state index contributed by atoms with van der Waals surface area (Å²) < 4.78 is 7.35. The molecule has 0 aliphatic rings. The van der Waals surface area contributed by atoms with Crippen LogP contribution in [0.1, 0.15) is 57.2 Å². The minimum atomic E-state index is -0.635. The third-order valence-electron chi connectivity index (χ3n) is 4.55. The van der Waals surface area contributed by atoms with Crippen molar-refractivity contribution in [2.45, 2.75) is 59.6 Å². The van der Waals surface area contributed by atoms with Crippen molar-refractivity contribution in [2.24, 2.45) is 0 Å². The van der Waals surface area contributed by atoms with Crippen molar-refractivity contribution >= 4 is 29.2 Å². The Morgan fingerprint density at radius 2 is 1.97 bits per heavy atom. The van der Waals surface area contributed by atoms with Crippen molar-refractivity contribution in [3.8, 4) is 0 Å². The second-order valence-electron chi connectivity index (χ2n) is 8.42. The van der Waals surface area contributed by atoms with Crippen LogP contribution in [0, 0.1) is 6.92 Å². The van der Waals surface area contributed by atoms with Gasteiger partial charge >= 0.3 is 6.09 Å². The summed E-state index contributed by atoms with van der Waals surface area (Å²) in [5.74, 6) is 0.738. The molecule has 1 amide bonds. The fourth-order valence-electron chi connectivity index (χ4n) is 3.05. The number of hydrogen-bond donors (Lipinski definition) is 0. The molecule has 29 heavy (non-hydrogen) atoms. The first-order chi connectivity index (χ1) is 13.6. The van der Waals surface area contributed by atoms with E-state index in [-0.39, 0.29) is 5.92 Å². The Hall–Kier alpha value is -2.60. The van der Waals surface area contributed by atoms with E-state index < -0.39 is 11.7 Å². The van der Waals surface area contributed by atoms with E-state index in [0.29, 0.717) is 23.2 Å². The number of nitrogens with zero attached hydrogens (tertiary/aromatic N) is 4. The Labute approximate surface area is 176 Å². The Morgan fingerprint density at radius 1 is 1.28 bits per heavy atom. The standard InChI is InChI=1S/C22H27ClN4O2/c1-14(2)17-12-24-27-19(11-18(23)25-20(17)27)26(21(28)29-22(4,5)6)13-16-10-8-7-9-15(16)3/h7-12,14H,13H2,1-6H3. The van der Waals surface area contributed by atoms with E-state index in [4.69, 9.17) is 16.3 Å². The molecular formula is C22H27ClN4O2. The summed E-state index contributed by atoms with van der Waals surface area (Å²) in [6.45, 7) is 12.0. The van der Waals surface area contributed by atoms with E-state index in [9.17, 15) is 4.79 Å². The van der Waals surface area contributed by atoms with Gasteiger partial charge in [-0.25, -0.2) is 9.78 Å². The molecule has 0 unspecified atom stereocenters. The molecule has 2 heterocycles. The van der Waals surface area contributed by atoms with Crippen LogP contribution in [-0.4, -0.2) is 26.3 Å². The van der Waals surface area contributed by atoms with Gasteiger partial charge in [0.1, 0.15) is 16.6 Å². The van der Waals surface area contributed by atoms with Crippen LogP contribution in [0.2, 0.25) is 5.15 Å². The summed E-state index contributed by atoms with van der Waals surface area (Å²) >= 11 is 6.34. The molecule has 154 valence electrons. The van der Waals surface area contributed by atoms with Crippen LogP contribution >= 0.6 is 11.6 Å². The van der Waals surface area contributed by atoms with Gasteiger partial charge in [0.2, 0.25) is 0 Å². The number of rotatable bonds is 4. The van der Waals surface area contributed by atoms with Crippen molar-refractivity contribution in [3.63, 3.8) is 0 Å². The summed E-state index contributed by atoms with van der Waals surface area (Å²) in [6.07, 6.45) is 1.30. The summed E-state index contributed by atoms with van der Waals surface area (Å²) in [7, 11) is 0. The summed E-state index contributed by atoms with van der Waals surface area (Å²) in [6, 6.07) is 9.59. The zero-order valence-electron chi connectivity index (χ0n) is 17.7. The molecule has 0 saturated carbocycles. The summed E-state index contributed by atoms with van der Waals surface area (Å²) in [5.41, 5.74) is 3.07. The van der Waals surface area contributed by atoms with Crippen LogP contribution in [0.25, 0.3) is 5.65 Å². The second-order valence-corrected chi connectivity index (χ2v) is 8.81. The van der Waals surface area contributed by atoms with E-state index in [1.807, 2.05) is 52.0 Å². The molecule has 0 aliphatic heterocycles. The average molecular weight is 415 g/mol. The molecule has 0 fully saturated rings. The second kappa shape index (κ2) is 8.03. The Balaban J connectivity index is 2.15. The Morgan fingerprint density at radius 3 is 2.59 bits per heavy atom. The lowest BCUT2D eigenvalue weighted by Gasteiger charge is -2.28. The monoisotopic (exact) mass is 414 g/mol. The van der Waals surface area contributed by atoms with E-state index >= 15 is 0 Å². The SMILES string of the molecule is Cc1ccccc1CN(C(=O)OC(C)(C)C)c1cc(Cl)nc2c(C(C)C)cnn12. The highest BCUT2D eigenvalue weighted by atomic mass is 35.5. The molecule has 2 aromatic heterocycles. The van der Waals surface area contributed by atoms with Crippen molar-refractivity contribution in [1.82, 2.24) is 14.6 Å². The van der Waals surface area contributed by atoms with Crippen LogP contribution in [0.3, 0.4) is 0 Å². The fourth-order valence-corrected chi connectivity index (χ4v) is 3.23. The molecule has 0 radical (unpaired) electrons. The number of carbonyl (C=O) groups is 1. The zero-order chi connectivity index (χ0) is 21.3. The minimum absolute atomic E-state index is 0.220. The molecule has 0 spiro atoms. The van der Waals surface area contributed by atoms with Crippen molar-refractivity contribution < 1.29 is 9.53 Å². The zero-order valence-corrected chi connectivity index (χ0v) is 18.5. The first kappa shape index (κ1) is 21.1. The van der Waals surface area contributed by atoms with Crippen LogP contribution < -0.4 is 4.90 Å². The van der Waals surface area contributed by atoms with E-state index in [1.54, 1.807) is 21.7 Å². The lowest BCUT2D eigenvalue weighted by atomic mass is 10.1. The van der Waals surface area contributed by atoms with E-state index in [2.05, 4.69) is 23.9 Å². The molecular weight excluding hydrogens is 388 g/mol. The average Bonchev–Trinajstić information content (AvgIpc) is 3.02. The topological polar surface area (TPSA) is 59.7 Å².